The maximum atomic E-state index is 14.5. The third-order valence-electron chi connectivity index (χ3n) is 6.03. The van der Waals surface area contributed by atoms with Crippen molar-refractivity contribution in [2.24, 2.45) is 5.84 Å². The van der Waals surface area contributed by atoms with Crippen molar-refractivity contribution < 1.29 is 8.78 Å². The summed E-state index contributed by atoms with van der Waals surface area (Å²) in [5.41, 5.74) is 0.316. The van der Waals surface area contributed by atoms with Gasteiger partial charge < -0.3 is 10.6 Å². The number of nitrogens with two attached hydrogens (primary N) is 1. The van der Waals surface area contributed by atoms with Gasteiger partial charge >= 0.3 is 0 Å². The summed E-state index contributed by atoms with van der Waals surface area (Å²) in [6.45, 7) is 8.65. The fourth-order valence-corrected chi connectivity index (χ4v) is 4.16. The molecule has 0 unspecified atom stereocenters. The largest absolute Gasteiger partial charge is 0.365 e. The second-order valence-corrected chi connectivity index (χ2v) is 9.15. The summed E-state index contributed by atoms with van der Waals surface area (Å²) < 4.78 is 28.7. The molecular formula is C21H30F2N8. The van der Waals surface area contributed by atoms with Crippen LogP contribution >= 0.6 is 0 Å². The Labute approximate surface area is 181 Å². The molecule has 168 valence electrons. The summed E-state index contributed by atoms with van der Waals surface area (Å²) in [7, 11) is 2.10. The Hall–Kier alpha value is -2.85. The van der Waals surface area contributed by atoms with Crippen molar-refractivity contribution in [2.75, 3.05) is 22.7 Å². The number of nitrogens with one attached hydrogen (secondary N) is 3. The van der Waals surface area contributed by atoms with Gasteiger partial charge in [-0.25, -0.2) is 19.6 Å². The van der Waals surface area contributed by atoms with Crippen LogP contribution in [0.3, 0.4) is 0 Å². The number of anilines is 4. The summed E-state index contributed by atoms with van der Waals surface area (Å²) in [6.07, 6.45) is 3.58. The third kappa shape index (κ3) is 4.91. The highest BCUT2D eigenvalue weighted by Crippen LogP contribution is 2.38. The van der Waals surface area contributed by atoms with E-state index in [1.165, 1.54) is 18.2 Å². The molecule has 5 N–H and O–H groups in total. The Morgan fingerprint density at radius 3 is 2.45 bits per heavy atom. The van der Waals surface area contributed by atoms with Gasteiger partial charge in [-0.1, -0.05) is 0 Å². The summed E-state index contributed by atoms with van der Waals surface area (Å²) in [6, 6.07) is 4.08. The number of benzene rings is 1. The highest BCUT2D eigenvalue weighted by molar-refractivity contribution is 5.77. The average Bonchev–Trinajstić information content (AvgIpc) is 2.69. The first-order valence-corrected chi connectivity index (χ1v) is 10.1. The monoisotopic (exact) mass is 432 g/mol. The first-order valence-electron chi connectivity index (χ1n) is 10.1. The maximum Gasteiger partial charge on any atom is 0.229 e. The molecule has 31 heavy (non-hydrogen) atoms. The molecule has 10 heteroatoms. The fraction of sp³-hybridized carbons (Fsp3) is 0.476. The van der Waals surface area contributed by atoms with Crippen molar-refractivity contribution in [1.29, 1.82) is 5.41 Å². The minimum absolute atomic E-state index is 0.0110. The van der Waals surface area contributed by atoms with Gasteiger partial charge in [-0.15, -0.1) is 0 Å². The number of hydrogen-bond donors (Lipinski definition) is 4. The van der Waals surface area contributed by atoms with Crippen molar-refractivity contribution >= 4 is 29.5 Å². The topological polar surface area (TPSA) is 106 Å². The summed E-state index contributed by atoms with van der Waals surface area (Å²) in [4.78, 5) is 10.5. The molecule has 1 aliphatic heterocycles. The molecule has 2 aromatic rings. The van der Waals surface area contributed by atoms with Gasteiger partial charge in [0.25, 0.3) is 0 Å². The van der Waals surface area contributed by atoms with E-state index in [1.807, 2.05) is 0 Å². The Morgan fingerprint density at radius 2 is 1.84 bits per heavy atom. The van der Waals surface area contributed by atoms with Crippen LogP contribution in [-0.4, -0.2) is 45.4 Å². The number of aromatic nitrogens is 2. The van der Waals surface area contributed by atoms with Crippen LogP contribution in [0.15, 0.2) is 24.4 Å². The molecule has 1 aliphatic rings. The minimum Gasteiger partial charge on any atom is -0.365 e. The number of rotatable bonds is 6. The van der Waals surface area contributed by atoms with E-state index in [0.717, 1.165) is 30.4 Å². The molecule has 1 aromatic heterocycles. The molecule has 0 spiro atoms. The molecule has 0 amide bonds. The van der Waals surface area contributed by atoms with Crippen molar-refractivity contribution in [1.82, 2.24) is 14.9 Å². The third-order valence-corrected chi connectivity index (χ3v) is 6.03. The van der Waals surface area contributed by atoms with Gasteiger partial charge in [-0.05, 0) is 65.8 Å². The zero-order valence-electron chi connectivity index (χ0n) is 18.5. The first-order chi connectivity index (χ1) is 14.4. The van der Waals surface area contributed by atoms with E-state index in [4.69, 9.17) is 11.3 Å². The van der Waals surface area contributed by atoms with Gasteiger partial charge in [0, 0.05) is 17.1 Å². The number of hydrazine groups is 1. The number of piperidine rings is 1. The van der Waals surface area contributed by atoms with Crippen molar-refractivity contribution in [2.45, 2.75) is 57.7 Å². The molecule has 0 aliphatic carbocycles. The van der Waals surface area contributed by atoms with Gasteiger partial charge in [0.2, 0.25) is 5.95 Å². The van der Waals surface area contributed by atoms with E-state index < -0.39 is 11.6 Å². The Bertz CT molecular complexity index is 944. The van der Waals surface area contributed by atoms with E-state index >= 15 is 0 Å². The van der Waals surface area contributed by atoms with Gasteiger partial charge in [0.05, 0.1) is 17.6 Å². The molecule has 0 bridgehead atoms. The summed E-state index contributed by atoms with van der Waals surface area (Å²) >= 11 is 0. The molecule has 2 heterocycles. The lowest BCUT2D eigenvalue weighted by molar-refractivity contribution is -0.00778. The molecule has 0 radical (unpaired) electrons. The van der Waals surface area contributed by atoms with Crippen LogP contribution < -0.4 is 21.5 Å². The van der Waals surface area contributed by atoms with E-state index in [0.29, 0.717) is 5.69 Å². The molecular weight excluding hydrogens is 402 g/mol. The van der Waals surface area contributed by atoms with E-state index in [-0.39, 0.29) is 34.6 Å². The Morgan fingerprint density at radius 1 is 1.19 bits per heavy atom. The SMILES string of the molecule is CN1C(C)(C)CC(Nc2nc(Nc3cc(N(N)C=N)ccc3F)ncc2F)CC1(C)C. The predicted molar refractivity (Wildman–Crippen MR) is 120 cm³/mol. The molecule has 1 saturated heterocycles. The highest BCUT2D eigenvalue weighted by Gasteiger charge is 2.43. The van der Waals surface area contributed by atoms with Crippen LogP contribution in [0, 0.1) is 17.0 Å². The number of likely N-dealkylation sites (tertiary alicyclic amines) is 1. The molecule has 8 nitrogen and oxygen atoms in total. The van der Waals surface area contributed by atoms with Crippen LogP contribution in [-0.2, 0) is 0 Å². The van der Waals surface area contributed by atoms with Crippen LogP contribution in [0.2, 0.25) is 0 Å². The molecule has 0 saturated carbocycles. The van der Waals surface area contributed by atoms with Gasteiger partial charge in [0.1, 0.15) is 12.2 Å². The lowest BCUT2D eigenvalue weighted by Gasteiger charge is -2.53. The van der Waals surface area contributed by atoms with Crippen LogP contribution in [0.4, 0.5) is 31.9 Å². The number of halogens is 2. The summed E-state index contributed by atoms with van der Waals surface area (Å²) in [5, 5.41) is 14.2. The molecule has 1 fully saturated rings. The van der Waals surface area contributed by atoms with E-state index in [1.54, 1.807) is 0 Å². The molecule has 0 atom stereocenters. The van der Waals surface area contributed by atoms with E-state index in [2.05, 4.69) is 60.2 Å². The zero-order valence-corrected chi connectivity index (χ0v) is 18.5. The van der Waals surface area contributed by atoms with Crippen LogP contribution in [0.1, 0.15) is 40.5 Å². The molecule has 1 aromatic carbocycles. The first kappa shape index (κ1) is 22.8. The van der Waals surface area contributed by atoms with Crippen LogP contribution in [0.5, 0.6) is 0 Å². The number of hydrogen-bond acceptors (Lipinski definition) is 7. The Balaban J connectivity index is 1.82. The second kappa shape index (κ2) is 8.35. The maximum absolute atomic E-state index is 14.5. The molecule has 3 rings (SSSR count). The fourth-order valence-electron chi connectivity index (χ4n) is 4.16. The van der Waals surface area contributed by atoms with E-state index in [9.17, 15) is 8.78 Å². The van der Waals surface area contributed by atoms with Gasteiger partial charge in [-0.2, -0.15) is 4.98 Å². The number of nitrogens with zero attached hydrogens (tertiary/aromatic N) is 4. The highest BCUT2D eigenvalue weighted by atomic mass is 19.1. The normalized spacial score (nSPS) is 18.5. The average molecular weight is 433 g/mol. The quantitative estimate of drug-likeness (QED) is 0.238. The van der Waals surface area contributed by atoms with Crippen molar-refractivity contribution in [3.05, 3.63) is 36.0 Å². The minimum atomic E-state index is -0.578. The smallest absolute Gasteiger partial charge is 0.229 e. The zero-order chi connectivity index (χ0) is 23.0. The predicted octanol–water partition coefficient (Wildman–Crippen LogP) is 3.85. The van der Waals surface area contributed by atoms with Crippen molar-refractivity contribution in [3.8, 4) is 0 Å². The van der Waals surface area contributed by atoms with Gasteiger partial charge in [-0.3, -0.25) is 15.3 Å². The Kier molecular flexibility index (Phi) is 6.15. The lowest BCUT2D eigenvalue weighted by atomic mass is 9.77. The standard InChI is InChI=1S/C21H30F2N8/c1-20(2)9-13(10-21(3,4)30(20)5)27-18-16(23)11-26-19(29-18)28-17-8-14(31(25)12-24)6-7-15(17)22/h6-8,11-13,24H,9-10,25H2,1-5H3,(H2,26,27,28,29). The lowest BCUT2D eigenvalue weighted by Crippen LogP contribution is -2.61. The van der Waals surface area contributed by atoms with Crippen LogP contribution in [0.25, 0.3) is 0 Å². The second-order valence-electron chi connectivity index (χ2n) is 9.15. The van der Waals surface area contributed by atoms with Crippen molar-refractivity contribution in [3.63, 3.8) is 0 Å². The van der Waals surface area contributed by atoms with Gasteiger partial charge in [0.15, 0.2) is 11.6 Å². The summed E-state index contributed by atoms with van der Waals surface area (Å²) in [5.74, 6) is 4.64.